The second-order valence-electron chi connectivity index (χ2n) is 7.13. The van der Waals surface area contributed by atoms with E-state index < -0.39 is 6.04 Å². The van der Waals surface area contributed by atoms with Crippen LogP contribution in [0.25, 0.3) is 11.4 Å². The third-order valence-corrected chi connectivity index (χ3v) is 4.62. The Balaban J connectivity index is 1.52. The highest BCUT2D eigenvalue weighted by atomic mass is 35.5. The van der Waals surface area contributed by atoms with Gasteiger partial charge in [-0.1, -0.05) is 48.8 Å². The first kappa shape index (κ1) is 22.3. The molecule has 0 fully saturated rings. The average Bonchev–Trinajstić information content (AvgIpc) is 3.24. The van der Waals surface area contributed by atoms with Crippen molar-refractivity contribution in [1.29, 1.82) is 0 Å². The average molecular weight is 443 g/mol. The lowest BCUT2D eigenvalue weighted by molar-refractivity contribution is -0.131. The molecule has 1 aromatic heterocycles. The highest BCUT2D eigenvalue weighted by Crippen LogP contribution is 2.18. The lowest BCUT2D eigenvalue weighted by Gasteiger charge is -2.21. The van der Waals surface area contributed by atoms with Crippen molar-refractivity contribution in [2.24, 2.45) is 5.92 Å². The van der Waals surface area contributed by atoms with Crippen LogP contribution in [0.5, 0.6) is 5.75 Å². The second-order valence-corrected chi connectivity index (χ2v) is 7.56. The van der Waals surface area contributed by atoms with Crippen molar-refractivity contribution in [2.45, 2.75) is 26.4 Å². The van der Waals surface area contributed by atoms with Crippen LogP contribution in [0.1, 0.15) is 19.7 Å². The summed E-state index contributed by atoms with van der Waals surface area (Å²) in [6.07, 6.45) is 0. The Morgan fingerprint density at radius 3 is 2.48 bits per heavy atom. The van der Waals surface area contributed by atoms with E-state index in [1.165, 1.54) is 0 Å². The van der Waals surface area contributed by atoms with Gasteiger partial charge in [0.15, 0.2) is 6.61 Å². The van der Waals surface area contributed by atoms with Crippen molar-refractivity contribution in [3.8, 4) is 17.1 Å². The first-order chi connectivity index (χ1) is 14.9. The standard InChI is InChI=1S/C22H23ClN4O4/c1-14(2)20(25-18(28)13-30-17-6-4-3-5-7-17)22(29)24-12-19-26-21(27-31-19)15-8-10-16(23)11-9-15/h3-11,14,20H,12-13H2,1-2H3,(H,24,29)(H,25,28). The van der Waals surface area contributed by atoms with E-state index in [-0.39, 0.29) is 36.8 Å². The number of benzene rings is 2. The van der Waals surface area contributed by atoms with Crippen LogP contribution < -0.4 is 15.4 Å². The van der Waals surface area contributed by atoms with Crippen LogP contribution >= 0.6 is 11.6 Å². The fraction of sp³-hybridized carbons (Fsp3) is 0.273. The molecule has 0 radical (unpaired) electrons. The summed E-state index contributed by atoms with van der Waals surface area (Å²) in [5.41, 5.74) is 0.747. The largest absolute Gasteiger partial charge is 0.484 e. The number of ether oxygens (including phenoxy) is 1. The Morgan fingerprint density at radius 1 is 1.10 bits per heavy atom. The van der Waals surface area contributed by atoms with Gasteiger partial charge in [0.25, 0.3) is 5.91 Å². The van der Waals surface area contributed by atoms with Crippen molar-refractivity contribution >= 4 is 23.4 Å². The summed E-state index contributed by atoms with van der Waals surface area (Å²) in [5.74, 6) is 0.353. The van der Waals surface area contributed by atoms with Crippen LogP contribution in [0.3, 0.4) is 0 Å². The molecule has 1 unspecified atom stereocenters. The Hall–Kier alpha value is -3.39. The molecule has 0 saturated heterocycles. The monoisotopic (exact) mass is 442 g/mol. The zero-order chi connectivity index (χ0) is 22.2. The molecule has 3 rings (SSSR count). The second kappa shape index (κ2) is 10.6. The van der Waals surface area contributed by atoms with E-state index in [0.717, 1.165) is 5.56 Å². The van der Waals surface area contributed by atoms with E-state index in [4.69, 9.17) is 20.9 Å². The molecule has 162 valence electrons. The number of rotatable bonds is 9. The summed E-state index contributed by atoms with van der Waals surface area (Å²) in [6.45, 7) is 3.54. The molecule has 9 heteroatoms. The lowest BCUT2D eigenvalue weighted by atomic mass is 10.0. The highest BCUT2D eigenvalue weighted by molar-refractivity contribution is 6.30. The molecule has 31 heavy (non-hydrogen) atoms. The van der Waals surface area contributed by atoms with Gasteiger partial charge in [0, 0.05) is 10.6 Å². The van der Waals surface area contributed by atoms with Crippen LogP contribution in [0.4, 0.5) is 0 Å². The van der Waals surface area contributed by atoms with Gasteiger partial charge < -0.3 is 19.9 Å². The number of carbonyl (C=O) groups is 2. The number of nitrogens with zero attached hydrogens (tertiary/aromatic N) is 2. The number of hydrogen-bond acceptors (Lipinski definition) is 6. The van der Waals surface area contributed by atoms with Gasteiger partial charge in [-0.05, 0) is 42.3 Å². The summed E-state index contributed by atoms with van der Waals surface area (Å²) in [7, 11) is 0. The molecule has 3 aromatic rings. The fourth-order valence-electron chi connectivity index (χ4n) is 2.73. The van der Waals surface area contributed by atoms with E-state index in [2.05, 4.69) is 20.8 Å². The van der Waals surface area contributed by atoms with E-state index in [0.29, 0.717) is 16.6 Å². The number of halogens is 1. The van der Waals surface area contributed by atoms with Gasteiger partial charge >= 0.3 is 0 Å². The topological polar surface area (TPSA) is 106 Å². The van der Waals surface area contributed by atoms with Crippen molar-refractivity contribution < 1.29 is 18.8 Å². The van der Waals surface area contributed by atoms with Gasteiger partial charge in [0.05, 0.1) is 6.54 Å². The summed E-state index contributed by atoms with van der Waals surface area (Å²) in [4.78, 5) is 29.1. The molecule has 8 nitrogen and oxygen atoms in total. The molecular formula is C22H23ClN4O4. The number of carbonyl (C=O) groups excluding carboxylic acids is 2. The Morgan fingerprint density at radius 2 is 1.81 bits per heavy atom. The molecular weight excluding hydrogens is 420 g/mol. The molecule has 2 amide bonds. The fourth-order valence-corrected chi connectivity index (χ4v) is 2.86. The van der Waals surface area contributed by atoms with E-state index in [9.17, 15) is 9.59 Å². The first-order valence-corrected chi connectivity index (χ1v) is 10.1. The highest BCUT2D eigenvalue weighted by Gasteiger charge is 2.24. The van der Waals surface area contributed by atoms with Crippen LogP contribution in [0.2, 0.25) is 5.02 Å². The molecule has 2 N–H and O–H groups in total. The maximum atomic E-state index is 12.6. The van der Waals surface area contributed by atoms with Gasteiger partial charge in [-0.25, -0.2) is 0 Å². The van der Waals surface area contributed by atoms with E-state index >= 15 is 0 Å². The quantitative estimate of drug-likeness (QED) is 0.527. The van der Waals surface area contributed by atoms with Gasteiger partial charge in [-0.2, -0.15) is 4.98 Å². The van der Waals surface area contributed by atoms with E-state index in [1.807, 2.05) is 32.0 Å². The number of nitrogens with one attached hydrogen (secondary N) is 2. The summed E-state index contributed by atoms with van der Waals surface area (Å²) < 4.78 is 10.6. The molecule has 1 atom stereocenters. The molecule has 0 aliphatic heterocycles. The van der Waals surface area contributed by atoms with Crippen LogP contribution in [-0.4, -0.2) is 34.6 Å². The van der Waals surface area contributed by atoms with Gasteiger partial charge in [0.1, 0.15) is 11.8 Å². The van der Waals surface area contributed by atoms with Gasteiger partial charge in [-0.3, -0.25) is 9.59 Å². The lowest BCUT2D eigenvalue weighted by Crippen LogP contribution is -2.50. The molecule has 1 heterocycles. The van der Waals surface area contributed by atoms with Crippen LogP contribution in [0, 0.1) is 5.92 Å². The maximum absolute atomic E-state index is 12.6. The Labute approximate surface area is 184 Å². The first-order valence-electron chi connectivity index (χ1n) is 9.76. The molecule has 0 spiro atoms. The summed E-state index contributed by atoms with van der Waals surface area (Å²) in [6, 6.07) is 15.3. The zero-order valence-electron chi connectivity index (χ0n) is 17.2. The van der Waals surface area contributed by atoms with Crippen molar-refractivity contribution in [2.75, 3.05) is 6.61 Å². The number of aromatic nitrogens is 2. The smallest absolute Gasteiger partial charge is 0.258 e. The summed E-state index contributed by atoms with van der Waals surface area (Å²) in [5, 5.41) is 9.94. The Bertz CT molecular complexity index is 1010. The minimum Gasteiger partial charge on any atom is -0.484 e. The van der Waals surface area contributed by atoms with Crippen molar-refractivity contribution in [1.82, 2.24) is 20.8 Å². The van der Waals surface area contributed by atoms with E-state index in [1.54, 1.807) is 36.4 Å². The maximum Gasteiger partial charge on any atom is 0.258 e. The number of amides is 2. The molecule has 0 aliphatic carbocycles. The van der Waals surface area contributed by atoms with Gasteiger partial charge in [-0.15, -0.1) is 0 Å². The molecule has 0 aliphatic rings. The third-order valence-electron chi connectivity index (χ3n) is 4.36. The SMILES string of the molecule is CC(C)C(NC(=O)COc1ccccc1)C(=O)NCc1nc(-c2ccc(Cl)cc2)no1. The van der Waals surface area contributed by atoms with Crippen LogP contribution in [-0.2, 0) is 16.1 Å². The molecule has 0 saturated carbocycles. The number of para-hydroxylation sites is 1. The van der Waals surface area contributed by atoms with Crippen LogP contribution in [0.15, 0.2) is 59.1 Å². The Kier molecular flexibility index (Phi) is 7.61. The minimum absolute atomic E-state index is 0.0407. The zero-order valence-corrected chi connectivity index (χ0v) is 17.9. The predicted octanol–water partition coefficient (Wildman–Crippen LogP) is 3.23. The van der Waals surface area contributed by atoms with Crippen molar-refractivity contribution in [3.05, 3.63) is 65.5 Å². The minimum atomic E-state index is -0.731. The number of hydrogen-bond donors (Lipinski definition) is 2. The predicted molar refractivity (Wildman–Crippen MR) is 115 cm³/mol. The summed E-state index contributed by atoms with van der Waals surface area (Å²) >= 11 is 5.88. The molecule has 2 aromatic carbocycles. The van der Waals surface area contributed by atoms with Crippen molar-refractivity contribution in [3.63, 3.8) is 0 Å². The van der Waals surface area contributed by atoms with Gasteiger partial charge in [0.2, 0.25) is 17.6 Å². The molecule has 0 bridgehead atoms. The third kappa shape index (κ3) is 6.55. The normalized spacial score (nSPS) is 11.7.